The molecule has 0 unspecified atom stereocenters. The number of imidazole rings is 1. The van der Waals surface area contributed by atoms with E-state index in [4.69, 9.17) is 15.5 Å². The third-order valence-corrected chi connectivity index (χ3v) is 4.13. The number of nitrogen functional groups attached to an aromatic ring is 1. The average molecular weight is 329 g/mol. The van der Waals surface area contributed by atoms with E-state index in [-0.39, 0.29) is 0 Å². The van der Waals surface area contributed by atoms with E-state index in [0.717, 1.165) is 28.2 Å². The minimum absolute atomic E-state index is 0.545. The van der Waals surface area contributed by atoms with E-state index in [9.17, 15) is 0 Å². The molecule has 0 saturated carbocycles. The highest BCUT2D eigenvalue weighted by Gasteiger charge is 2.12. The van der Waals surface area contributed by atoms with Gasteiger partial charge in [-0.2, -0.15) is 0 Å². The number of nitrogens with two attached hydrogens (primary N) is 1. The van der Waals surface area contributed by atoms with E-state index in [1.54, 1.807) is 0 Å². The molecule has 0 amide bonds. The van der Waals surface area contributed by atoms with Gasteiger partial charge in [-0.25, -0.2) is 4.98 Å². The lowest BCUT2D eigenvalue weighted by Crippen LogP contribution is -2.09. The van der Waals surface area contributed by atoms with Crippen molar-refractivity contribution < 1.29 is 4.74 Å². The number of fused-ring (bicyclic) bond motifs is 1. The summed E-state index contributed by atoms with van der Waals surface area (Å²) in [6, 6.07) is 25.9. The summed E-state index contributed by atoms with van der Waals surface area (Å²) in [5.74, 6) is 1.74. The first kappa shape index (κ1) is 15.3. The Bertz CT molecular complexity index is 992. The normalized spacial score (nSPS) is 10.9. The molecule has 0 aliphatic rings. The molecule has 0 aliphatic carbocycles. The first-order valence-corrected chi connectivity index (χ1v) is 8.30. The van der Waals surface area contributed by atoms with E-state index in [2.05, 4.69) is 22.8 Å². The second-order valence-corrected chi connectivity index (χ2v) is 5.86. The zero-order valence-electron chi connectivity index (χ0n) is 13.8. The highest BCUT2D eigenvalue weighted by Crippen LogP contribution is 2.24. The molecule has 0 radical (unpaired) electrons. The Labute approximate surface area is 146 Å². The molecule has 0 bridgehead atoms. The standard InChI is InChI=1S/C21H19N3O/c22-17-9-6-10-18(15-17)25-14-13-24-20-12-5-4-11-19(20)23-21(24)16-7-2-1-3-8-16/h1-12,15H,13-14,22H2. The van der Waals surface area contributed by atoms with Gasteiger partial charge in [0.2, 0.25) is 0 Å². The lowest BCUT2D eigenvalue weighted by molar-refractivity contribution is 0.301. The summed E-state index contributed by atoms with van der Waals surface area (Å²) >= 11 is 0. The van der Waals surface area contributed by atoms with E-state index in [1.165, 1.54) is 0 Å². The van der Waals surface area contributed by atoms with Crippen molar-refractivity contribution >= 4 is 16.7 Å². The Kier molecular flexibility index (Phi) is 4.09. The molecule has 4 heteroatoms. The van der Waals surface area contributed by atoms with Gasteiger partial charge in [0.1, 0.15) is 18.2 Å². The summed E-state index contributed by atoms with van der Waals surface area (Å²) in [6.45, 7) is 1.25. The lowest BCUT2D eigenvalue weighted by Gasteiger charge is -2.11. The van der Waals surface area contributed by atoms with Crippen LogP contribution in [0.3, 0.4) is 0 Å². The smallest absolute Gasteiger partial charge is 0.141 e. The number of hydrogen-bond acceptors (Lipinski definition) is 3. The molecule has 25 heavy (non-hydrogen) atoms. The molecule has 0 saturated heterocycles. The third kappa shape index (κ3) is 3.19. The van der Waals surface area contributed by atoms with Crippen LogP contribution in [0, 0.1) is 0 Å². The van der Waals surface area contributed by atoms with Crippen LogP contribution in [-0.4, -0.2) is 16.2 Å². The summed E-state index contributed by atoms with van der Waals surface area (Å²) in [5.41, 5.74) is 9.71. The average Bonchev–Trinajstić information content (AvgIpc) is 3.01. The Hall–Kier alpha value is -3.27. The minimum atomic E-state index is 0.545. The second kappa shape index (κ2) is 6.69. The summed E-state index contributed by atoms with van der Waals surface area (Å²) in [4.78, 5) is 4.81. The van der Waals surface area contributed by atoms with Gasteiger partial charge < -0.3 is 15.0 Å². The topological polar surface area (TPSA) is 53.1 Å². The van der Waals surface area contributed by atoms with Crippen molar-refractivity contribution in [2.75, 3.05) is 12.3 Å². The molecule has 2 N–H and O–H groups in total. The predicted molar refractivity (Wildman–Crippen MR) is 102 cm³/mol. The molecule has 0 spiro atoms. The first-order valence-electron chi connectivity index (χ1n) is 8.30. The van der Waals surface area contributed by atoms with Crippen molar-refractivity contribution in [3.8, 4) is 17.1 Å². The number of aromatic nitrogens is 2. The van der Waals surface area contributed by atoms with Crippen LogP contribution in [0.2, 0.25) is 0 Å². The number of nitrogens with zero attached hydrogens (tertiary/aromatic N) is 2. The Morgan fingerprint density at radius 2 is 1.68 bits per heavy atom. The fraction of sp³-hybridized carbons (Fsp3) is 0.0952. The van der Waals surface area contributed by atoms with Gasteiger partial charge in [-0.1, -0.05) is 48.5 Å². The van der Waals surface area contributed by atoms with Crippen LogP contribution in [0.25, 0.3) is 22.4 Å². The van der Waals surface area contributed by atoms with Gasteiger partial charge in [-0.15, -0.1) is 0 Å². The lowest BCUT2D eigenvalue weighted by atomic mass is 10.2. The molecule has 3 aromatic carbocycles. The van der Waals surface area contributed by atoms with E-state index in [0.29, 0.717) is 18.8 Å². The van der Waals surface area contributed by atoms with E-state index >= 15 is 0 Å². The summed E-state index contributed by atoms with van der Waals surface area (Å²) < 4.78 is 8.08. The zero-order chi connectivity index (χ0) is 17.1. The number of para-hydroxylation sites is 2. The number of rotatable bonds is 5. The molecular formula is C21H19N3O. The number of benzene rings is 3. The Morgan fingerprint density at radius 3 is 2.52 bits per heavy atom. The fourth-order valence-electron chi connectivity index (χ4n) is 2.97. The number of hydrogen-bond donors (Lipinski definition) is 1. The van der Waals surface area contributed by atoms with Crippen molar-refractivity contribution in [1.82, 2.24) is 9.55 Å². The minimum Gasteiger partial charge on any atom is -0.492 e. The van der Waals surface area contributed by atoms with Crippen molar-refractivity contribution in [2.45, 2.75) is 6.54 Å². The predicted octanol–water partition coefficient (Wildman–Crippen LogP) is 4.36. The van der Waals surface area contributed by atoms with E-state index < -0.39 is 0 Å². The Balaban J connectivity index is 1.63. The van der Waals surface area contributed by atoms with Gasteiger partial charge in [0, 0.05) is 17.3 Å². The van der Waals surface area contributed by atoms with Crippen molar-refractivity contribution in [2.24, 2.45) is 0 Å². The van der Waals surface area contributed by atoms with Gasteiger partial charge in [-0.3, -0.25) is 0 Å². The van der Waals surface area contributed by atoms with Crippen LogP contribution in [-0.2, 0) is 6.54 Å². The summed E-state index contributed by atoms with van der Waals surface area (Å²) in [6.07, 6.45) is 0. The highest BCUT2D eigenvalue weighted by atomic mass is 16.5. The number of anilines is 1. The summed E-state index contributed by atoms with van der Waals surface area (Å²) in [7, 11) is 0. The van der Waals surface area contributed by atoms with Crippen LogP contribution >= 0.6 is 0 Å². The van der Waals surface area contributed by atoms with Gasteiger partial charge >= 0.3 is 0 Å². The molecule has 4 nitrogen and oxygen atoms in total. The highest BCUT2D eigenvalue weighted by molar-refractivity contribution is 5.80. The maximum atomic E-state index is 5.87. The van der Waals surface area contributed by atoms with Crippen molar-refractivity contribution in [3.63, 3.8) is 0 Å². The SMILES string of the molecule is Nc1cccc(OCCn2c(-c3ccccc3)nc3ccccc32)c1. The van der Waals surface area contributed by atoms with Crippen molar-refractivity contribution in [3.05, 3.63) is 78.9 Å². The fourth-order valence-corrected chi connectivity index (χ4v) is 2.97. The molecular weight excluding hydrogens is 310 g/mol. The van der Waals surface area contributed by atoms with Gasteiger partial charge in [0.25, 0.3) is 0 Å². The van der Waals surface area contributed by atoms with Crippen LogP contribution in [0.1, 0.15) is 0 Å². The van der Waals surface area contributed by atoms with E-state index in [1.807, 2.05) is 60.7 Å². The molecule has 124 valence electrons. The maximum absolute atomic E-state index is 5.87. The molecule has 4 rings (SSSR count). The number of ether oxygens (including phenoxy) is 1. The summed E-state index contributed by atoms with van der Waals surface area (Å²) in [5, 5.41) is 0. The quantitative estimate of drug-likeness (QED) is 0.553. The second-order valence-electron chi connectivity index (χ2n) is 5.86. The van der Waals surface area contributed by atoms with Gasteiger partial charge in [-0.05, 0) is 24.3 Å². The molecule has 0 aliphatic heterocycles. The zero-order valence-corrected chi connectivity index (χ0v) is 13.8. The molecule has 1 heterocycles. The molecule has 1 aromatic heterocycles. The van der Waals surface area contributed by atoms with Crippen LogP contribution in [0.15, 0.2) is 78.9 Å². The maximum Gasteiger partial charge on any atom is 0.141 e. The van der Waals surface area contributed by atoms with Crippen molar-refractivity contribution in [1.29, 1.82) is 0 Å². The monoisotopic (exact) mass is 329 g/mol. The molecule has 0 fully saturated rings. The van der Waals surface area contributed by atoms with Crippen LogP contribution < -0.4 is 10.5 Å². The Morgan fingerprint density at radius 1 is 0.880 bits per heavy atom. The molecule has 4 aromatic rings. The van der Waals surface area contributed by atoms with Crippen LogP contribution in [0.5, 0.6) is 5.75 Å². The van der Waals surface area contributed by atoms with Gasteiger partial charge in [0.05, 0.1) is 17.6 Å². The first-order chi connectivity index (χ1) is 12.3. The van der Waals surface area contributed by atoms with Gasteiger partial charge in [0.15, 0.2) is 0 Å². The third-order valence-electron chi connectivity index (χ3n) is 4.13. The molecule has 0 atom stereocenters. The van der Waals surface area contributed by atoms with Crippen LogP contribution in [0.4, 0.5) is 5.69 Å². The largest absolute Gasteiger partial charge is 0.492 e.